The second-order valence-corrected chi connectivity index (χ2v) is 4.29. The summed E-state index contributed by atoms with van der Waals surface area (Å²) in [7, 11) is 1.65. The molecular formula is C14H10BrNO. The van der Waals surface area contributed by atoms with Gasteiger partial charge >= 0.3 is 0 Å². The van der Waals surface area contributed by atoms with Gasteiger partial charge in [-0.25, -0.2) is 0 Å². The van der Waals surface area contributed by atoms with E-state index in [9.17, 15) is 0 Å². The monoisotopic (exact) mass is 287 g/mol. The normalized spacial score (nSPS) is 9.29. The van der Waals surface area contributed by atoms with Crippen LogP contribution in [0.4, 0.5) is 0 Å². The Labute approximate surface area is 109 Å². The summed E-state index contributed by atoms with van der Waals surface area (Å²) in [5, 5.41) is 0. The first-order chi connectivity index (χ1) is 8.28. The van der Waals surface area contributed by atoms with E-state index in [0.29, 0.717) is 0 Å². The molecule has 0 radical (unpaired) electrons. The lowest BCUT2D eigenvalue weighted by Gasteiger charge is -1.97. The van der Waals surface area contributed by atoms with Crippen molar-refractivity contribution in [3.05, 3.63) is 58.3 Å². The van der Waals surface area contributed by atoms with Crippen LogP contribution in [-0.4, -0.2) is 12.1 Å². The van der Waals surface area contributed by atoms with Gasteiger partial charge in [0, 0.05) is 28.0 Å². The highest BCUT2D eigenvalue weighted by atomic mass is 79.9. The predicted octanol–water partition coefficient (Wildman–Crippen LogP) is 3.25. The fourth-order valence-corrected chi connectivity index (χ4v) is 1.66. The van der Waals surface area contributed by atoms with Crippen molar-refractivity contribution in [3.63, 3.8) is 0 Å². The zero-order valence-corrected chi connectivity index (χ0v) is 10.9. The summed E-state index contributed by atoms with van der Waals surface area (Å²) in [6.07, 6.45) is 3.47. The number of pyridine rings is 1. The quantitative estimate of drug-likeness (QED) is 0.751. The van der Waals surface area contributed by atoms with Crippen LogP contribution in [0.2, 0.25) is 0 Å². The first-order valence-corrected chi connectivity index (χ1v) is 5.84. The second kappa shape index (κ2) is 5.51. The molecule has 2 nitrogen and oxygen atoms in total. The van der Waals surface area contributed by atoms with Crippen molar-refractivity contribution in [2.45, 2.75) is 0 Å². The molecule has 0 atom stereocenters. The molecule has 0 saturated carbocycles. The molecule has 0 spiro atoms. The molecule has 2 aromatic rings. The van der Waals surface area contributed by atoms with E-state index in [2.05, 4.69) is 32.8 Å². The van der Waals surface area contributed by atoms with Crippen LogP contribution in [0.5, 0.6) is 5.75 Å². The topological polar surface area (TPSA) is 22.1 Å². The van der Waals surface area contributed by atoms with Crippen molar-refractivity contribution in [3.8, 4) is 17.6 Å². The molecule has 0 aliphatic carbocycles. The SMILES string of the molecule is COc1ccc(C#Cc2cncc(Br)c2)cc1. The Morgan fingerprint density at radius 3 is 2.41 bits per heavy atom. The maximum Gasteiger partial charge on any atom is 0.118 e. The lowest BCUT2D eigenvalue weighted by atomic mass is 10.2. The van der Waals surface area contributed by atoms with Crippen molar-refractivity contribution in [1.82, 2.24) is 4.98 Å². The summed E-state index contributed by atoms with van der Waals surface area (Å²) in [4.78, 5) is 4.05. The number of hydrogen-bond acceptors (Lipinski definition) is 2. The van der Waals surface area contributed by atoms with Crippen LogP contribution in [-0.2, 0) is 0 Å². The van der Waals surface area contributed by atoms with Gasteiger partial charge in [0.25, 0.3) is 0 Å². The average molecular weight is 288 g/mol. The number of benzene rings is 1. The Morgan fingerprint density at radius 1 is 1.06 bits per heavy atom. The Hall–Kier alpha value is -1.79. The molecular weight excluding hydrogens is 278 g/mol. The van der Waals surface area contributed by atoms with Gasteiger partial charge in [-0.1, -0.05) is 11.8 Å². The van der Waals surface area contributed by atoms with Gasteiger partial charge in [-0.15, -0.1) is 0 Å². The van der Waals surface area contributed by atoms with E-state index < -0.39 is 0 Å². The molecule has 0 amide bonds. The molecule has 0 N–H and O–H groups in total. The molecule has 1 heterocycles. The van der Waals surface area contributed by atoms with E-state index in [-0.39, 0.29) is 0 Å². The largest absolute Gasteiger partial charge is 0.497 e. The Bertz CT molecular complexity index is 567. The van der Waals surface area contributed by atoms with Crippen LogP contribution in [0.15, 0.2) is 47.2 Å². The van der Waals surface area contributed by atoms with E-state index in [4.69, 9.17) is 4.74 Å². The molecule has 0 fully saturated rings. The number of halogens is 1. The van der Waals surface area contributed by atoms with Gasteiger partial charge < -0.3 is 4.74 Å². The molecule has 0 bridgehead atoms. The highest BCUT2D eigenvalue weighted by molar-refractivity contribution is 9.10. The van der Waals surface area contributed by atoms with Gasteiger partial charge in [0.15, 0.2) is 0 Å². The molecule has 3 heteroatoms. The molecule has 1 aromatic carbocycles. The molecule has 17 heavy (non-hydrogen) atoms. The number of aromatic nitrogens is 1. The summed E-state index contributed by atoms with van der Waals surface area (Å²) >= 11 is 3.36. The maximum absolute atomic E-state index is 5.08. The van der Waals surface area contributed by atoms with E-state index in [1.165, 1.54) is 0 Å². The molecule has 2 rings (SSSR count). The van der Waals surface area contributed by atoms with Gasteiger partial charge in [-0.05, 0) is 46.3 Å². The third kappa shape index (κ3) is 3.33. The van der Waals surface area contributed by atoms with Crippen LogP contribution in [0.3, 0.4) is 0 Å². The fourth-order valence-electron chi connectivity index (χ4n) is 1.30. The molecule has 0 unspecified atom stereocenters. The first kappa shape index (κ1) is 11.7. The number of methoxy groups -OCH3 is 1. The number of ether oxygens (including phenoxy) is 1. The van der Waals surface area contributed by atoms with Crippen LogP contribution >= 0.6 is 15.9 Å². The van der Waals surface area contributed by atoms with Gasteiger partial charge in [0.1, 0.15) is 5.75 Å². The molecule has 84 valence electrons. The van der Waals surface area contributed by atoms with E-state index >= 15 is 0 Å². The van der Waals surface area contributed by atoms with Gasteiger partial charge in [0.2, 0.25) is 0 Å². The summed E-state index contributed by atoms with van der Waals surface area (Å²) in [5.74, 6) is 6.96. The third-order valence-corrected chi connectivity index (χ3v) is 2.58. The molecule has 0 saturated heterocycles. The molecule has 1 aromatic heterocycles. The minimum atomic E-state index is 0.833. The number of hydrogen-bond donors (Lipinski definition) is 0. The van der Waals surface area contributed by atoms with E-state index in [0.717, 1.165) is 21.3 Å². The zero-order chi connectivity index (χ0) is 12.1. The number of rotatable bonds is 1. The Morgan fingerprint density at radius 2 is 1.76 bits per heavy atom. The summed E-state index contributed by atoms with van der Waals surface area (Å²) in [6, 6.07) is 9.57. The first-order valence-electron chi connectivity index (χ1n) is 5.04. The lowest BCUT2D eigenvalue weighted by molar-refractivity contribution is 0.415. The van der Waals surface area contributed by atoms with Crippen LogP contribution in [0.25, 0.3) is 0 Å². The molecule has 0 aliphatic rings. The average Bonchev–Trinajstić information content (AvgIpc) is 2.37. The smallest absolute Gasteiger partial charge is 0.118 e. The van der Waals surface area contributed by atoms with Gasteiger partial charge in [-0.2, -0.15) is 0 Å². The lowest BCUT2D eigenvalue weighted by Crippen LogP contribution is -1.82. The van der Waals surface area contributed by atoms with Crippen molar-refractivity contribution in [1.29, 1.82) is 0 Å². The van der Waals surface area contributed by atoms with Crippen molar-refractivity contribution in [2.24, 2.45) is 0 Å². The van der Waals surface area contributed by atoms with Gasteiger partial charge in [-0.3, -0.25) is 4.98 Å². The maximum atomic E-state index is 5.08. The predicted molar refractivity (Wildman–Crippen MR) is 70.9 cm³/mol. The number of nitrogens with zero attached hydrogens (tertiary/aromatic N) is 1. The van der Waals surface area contributed by atoms with Crippen LogP contribution in [0, 0.1) is 11.8 Å². The third-order valence-electron chi connectivity index (χ3n) is 2.15. The Balaban J connectivity index is 2.20. The van der Waals surface area contributed by atoms with Crippen molar-refractivity contribution < 1.29 is 4.74 Å². The van der Waals surface area contributed by atoms with Crippen molar-refractivity contribution >= 4 is 15.9 Å². The summed E-state index contributed by atoms with van der Waals surface area (Å²) < 4.78 is 6.01. The van der Waals surface area contributed by atoms with Crippen LogP contribution in [0.1, 0.15) is 11.1 Å². The van der Waals surface area contributed by atoms with Gasteiger partial charge in [0.05, 0.1) is 7.11 Å². The van der Waals surface area contributed by atoms with Crippen LogP contribution < -0.4 is 4.74 Å². The van der Waals surface area contributed by atoms with E-state index in [1.807, 2.05) is 30.3 Å². The minimum Gasteiger partial charge on any atom is -0.497 e. The van der Waals surface area contributed by atoms with Crippen molar-refractivity contribution in [2.75, 3.05) is 7.11 Å². The van der Waals surface area contributed by atoms with E-state index in [1.54, 1.807) is 19.5 Å². The Kier molecular flexibility index (Phi) is 3.79. The standard InChI is InChI=1S/C14H10BrNO/c1-17-14-6-4-11(5-7-14)2-3-12-8-13(15)10-16-9-12/h4-10H,1H3. The summed E-state index contributed by atoms with van der Waals surface area (Å²) in [5.41, 5.74) is 1.83. The highest BCUT2D eigenvalue weighted by Gasteiger charge is 1.91. The minimum absolute atomic E-state index is 0.833. The second-order valence-electron chi connectivity index (χ2n) is 3.37. The molecule has 0 aliphatic heterocycles. The highest BCUT2D eigenvalue weighted by Crippen LogP contribution is 2.11. The zero-order valence-electron chi connectivity index (χ0n) is 9.27. The summed E-state index contributed by atoms with van der Waals surface area (Å²) in [6.45, 7) is 0. The fraction of sp³-hybridized carbons (Fsp3) is 0.0714.